The van der Waals surface area contributed by atoms with Crippen molar-refractivity contribution in [3.8, 4) is 6.07 Å². The molecule has 2 aliphatic heterocycles. The lowest BCUT2D eigenvalue weighted by Gasteiger charge is -2.33. The number of ketones is 1. The van der Waals surface area contributed by atoms with Gasteiger partial charge in [0.25, 0.3) is 0 Å². The van der Waals surface area contributed by atoms with Crippen molar-refractivity contribution < 1.29 is 23.9 Å². The summed E-state index contributed by atoms with van der Waals surface area (Å²) in [6.07, 6.45) is 0.715. The van der Waals surface area contributed by atoms with Crippen LogP contribution in [0.4, 0.5) is 16.2 Å². The molecule has 1 atom stereocenters. The normalized spacial score (nSPS) is 17.9. The topological polar surface area (TPSA) is 103 Å². The molecule has 0 bridgehead atoms. The number of fused-ring (bicyclic) bond motifs is 1. The molecule has 2 heterocycles. The van der Waals surface area contributed by atoms with Crippen molar-refractivity contribution in [2.45, 2.75) is 39.2 Å². The van der Waals surface area contributed by atoms with E-state index in [4.69, 9.17) is 9.47 Å². The smallest absolute Gasteiger partial charge is 0.410 e. The minimum Gasteiger partial charge on any atom is -0.457 e. The Morgan fingerprint density at radius 1 is 1.12 bits per heavy atom. The van der Waals surface area contributed by atoms with Gasteiger partial charge in [0.2, 0.25) is 5.78 Å². The largest absolute Gasteiger partial charge is 0.457 e. The molecule has 0 N–H and O–H groups in total. The lowest BCUT2D eigenvalue weighted by molar-refractivity contribution is -0.152. The van der Waals surface area contributed by atoms with Crippen molar-refractivity contribution >= 4 is 29.2 Å². The fraction of sp³-hybridized carbons (Fsp3) is 0.500. The molecule has 0 aliphatic carbocycles. The van der Waals surface area contributed by atoms with E-state index in [1.165, 1.54) is 4.90 Å². The summed E-state index contributed by atoms with van der Waals surface area (Å²) in [4.78, 5) is 42.8. The number of anilines is 2. The number of nitrogens with zero attached hydrogens (tertiary/aromatic N) is 4. The number of amides is 1. The predicted octanol–water partition coefficient (Wildman–Crippen LogP) is 3.07. The van der Waals surface area contributed by atoms with E-state index < -0.39 is 36.0 Å². The average molecular weight is 455 g/mol. The van der Waals surface area contributed by atoms with Crippen LogP contribution < -0.4 is 9.80 Å². The second kappa shape index (κ2) is 9.53. The van der Waals surface area contributed by atoms with Crippen LogP contribution >= 0.6 is 0 Å². The number of Topliss-reactive ketones (excluding diaryl/α,β-unsaturated/α-hetero) is 1. The van der Waals surface area contributed by atoms with Crippen LogP contribution in [-0.2, 0) is 19.1 Å². The summed E-state index contributed by atoms with van der Waals surface area (Å²) in [5.41, 5.74) is 1.04. The fourth-order valence-electron chi connectivity index (χ4n) is 4.05. The second-order valence-corrected chi connectivity index (χ2v) is 9.21. The molecule has 33 heavy (non-hydrogen) atoms. The molecule has 3 rings (SSSR count). The third kappa shape index (κ3) is 5.28. The zero-order valence-electron chi connectivity index (χ0n) is 19.8. The number of nitriles is 1. The van der Waals surface area contributed by atoms with Crippen LogP contribution in [-0.4, -0.2) is 62.1 Å². The summed E-state index contributed by atoms with van der Waals surface area (Å²) >= 11 is 0. The molecule has 1 aromatic rings. The maximum atomic E-state index is 12.8. The minimum absolute atomic E-state index is 0.0805. The third-order valence-electron chi connectivity index (χ3n) is 5.61. The van der Waals surface area contributed by atoms with Crippen LogP contribution in [0.2, 0.25) is 0 Å². The highest BCUT2D eigenvalue weighted by Crippen LogP contribution is 2.40. The van der Waals surface area contributed by atoms with E-state index in [1.54, 1.807) is 44.7 Å². The van der Waals surface area contributed by atoms with E-state index in [0.29, 0.717) is 25.2 Å². The van der Waals surface area contributed by atoms with Crippen LogP contribution in [0, 0.1) is 17.2 Å². The first-order valence-corrected chi connectivity index (χ1v) is 10.9. The van der Waals surface area contributed by atoms with E-state index in [-0.39, 0.29) is 12.1 Å². The molecular formula is C24H30N4O5. The maximum Gasteiger partial charge on any atom is 0.410 e. The van der Waals surface area contributed by atoms with E-state index in [2.05, 4.69) is 0 Å². The lowest BCUT2D eigenvalue weighted by Crippen LogP contribution is -2.45. The number of rotatable bonds is 4. The van der Waals surface area contributed by atoms with Crippen molar-refractivity contribution in [3.63, 3.8) is 0 Å². The summed E-state index contributed by atoms with van der Waals surface area (Å²) in [6, 6.07) is 9.54. The Balaban J connectivity index is 1.64. The molecule has 0 radical (unpaired) electrons. The summed E-state index contributed by atoms with van der Waals surface area (Å²) in [7, 11) is 3.56. The van der Waals surface area contributed by atoms with E-state index in [9.17, 15) is 19.6 Å². The van der Waals surface area contributed by atoms with Crippen LogP contribution in [0.25, 0.3) is 0 Å². The molecule has 0 aromatic heterocycles. The van der Waals surface area contributed by atoms with Gasteiger partial charge in [0.1, 0.15) is 23.1 Å². The molecule has 1 fully saturated rings. The predicted molar refractivity (Wildman–Crippen MR) is 122 cm³/mol. The zero-order valence-corrected chi connectivity index (χ0v) is 19.8. The number of esters is 1. The molecule has 2 aliphatic rings. The summed E-state index contributed by atoms with van der Waals surface area (Å²) in [6.45, 7) is 5.49. The number of carbonyl (C=O) groups excluding carboxylic acids is 3. The van der Waals surface area contributed by atoms with Crippen LogP contribution in [0.5, 0.6) is 0 Å². The van der Waals surface area contributed by atoms with Crippen LogP contribution in [0.3, 0.4) is 0 Å². The van der Waals surface area contributed by atoms with E-state index in [0.717, 1.165) is 11.4 Å². The van der Waals surface area contributed by atoms with Gasteiger partial charge in [-0.3, -0.25) is 9.59 Å². The Hall–Kier alpha value is -3.54. The summed E-state index contributed by atoms with van der Waals surface area (Å²) in [5.74, 6) is -1.24. The van der Waals surface area contributed by atoms with Crippen molar-refractivity contribution in [2.75, 3.05) is 43.6 Å². The lowest BCUT2D eigenvalue weighted by atomic mass is 9.98. The minimum atomic E-state index is -0.627. The molecule has 1 aromatic carbocycles. The van der Waals surface area contributed by atoms with Gasteiger partial charge in [-0.15, -0.1) is 0 Å². The first kappa shape index (κ1) is 24.1. The van der Waals surface area contributed by atoms with Gasteiger partial charge in [-0.25, -0.2) is 4.79 Å². The van der Waals surface area contributed by atoms with Crippen molar-refractivity contribution in [3.05, 3.63) is 35.7 Å². The highest BCUT2D eigenvalue weighted by molar-refractivity contribution is 6.03. The fourth-order valence-corrected chi connectivity index (χ4v) is 4.05. The van der Waals surface area contributed by atoms with Gasteiger partial charge in [-0.05, 0) is 45.7 Å². The first-order chi connectivity index (χ1) is 15.5. The number of benzene rings is 1. The highest BCUT2D eigenvalue weighted by atomic mass is 16.6. The van der Waals surface area contributed by atoms with Crippen LogP contribution in [0.15, 0.2) is 35.7 Å². The number of hydrogen-bond donors (Lipinski definition) is 0. The Kier molecular flexibility index (Phi) is 6.96. The quantitative estimate of drug-likeness (QED) is 0.388. The molecule has 9 heteroatoms. The number of hydrogen-bond acceptors (Lipinski definition) is 8. The molecule has 1 saturated heterocycles. The molecule has 1 unspecified atom stereocenters. The van der Waals surface area contributed by atoms with Gasteiger partial charge in [-0.1, -0.05) is 12.1 Å². The Labute approximate surface area is 194 Å². The SMILES string of the molecule is CN1C(=C(C#N)C(=O)COC(=O)C2CCCN(C(=O)OC(C)(C)C)C2)N(C)c2ccccc21. The second-order valence-electron chi connectivity index (χ2n) is 9.21. The Morgan fingerprint density at radius 3 is 2.27 bits per heavy atom. The van der Waals surface area contributed by atoms with Crippen molar-refractivity contribution in [2.24, 2.45) is 5.92 Å². The maximum absolute atomic E-state index is 12.8. The Morgan fingerprint density at radius 2 is 1.73 bits per heavy atom. The van der Waals surface area contributed by atoms with Crippen LogP contribution in [0.1, 0.15) is 33.6 Å². The van der Waals surface area contributed by atoms with E-state index in [1.807, 2.05) is 30.3 Å². The molecule has 9 nitrogen and oxygen atoms in total. The highest BCUT2D eigenvalue weighted by Gasteiger charge is 2.34. The average Bonchev–Trinajstić information content (AvgIpc) is 3.02. The summed E-state index contributed by atoms with van der Waals surface area (Å²) in [5, 5.41) is 9.69. The van der Waals surface area contributed by atoms with Gasteiger partial charge < -0.3 is 24.2 Å². The molecular weight excluding hydrogens is 424 g/mol. The van der Waals surface area contributed by atoms with E-state index >= 15 is 0 Å². The van der Waals surface area contributed by atoms with Crippen molar-refractivity contribution in [1.82, 2.24) is 4.90 Å². The number of likely N-dealkylation sites (tertiary alicyclic amines) is 1. The molecule has 0 spiro atoms. The Bertz CT molecular complexity index is 989. The monoisotopic (exact) mass is 454 g/mol. The molecule has 0 saturated carbocycles. The van der Waals surface area contributed by atoms with Gasteiger partial charge in [-0.2, -0.15) is 5.26 Å². The van der Waals surface area contributed by atoms with Gasteiger partial charge in [0, 0.05) is 27.2 Å². The number of para-hydroxylation sites is 2. The summed E-state index contributed by atoms with van der Waals surface area (Å²) < 4.78 is 10.7. The molecule has 176 valence electrons. The van der Waals surface area contributed by atoms with Gasteiger partial charge >= 0.3 is 12.1 Å². The van der Waals surface area contributed by atoms with Gasteiger partial charge in [0.15, 0.2) is 6.61 Å². The molecule has 1 amide bonds. The zero-order chi connectivity index (χ0) is 24.3. The van der Waals surface area contributed by atoms with Gasteiger partial charge in [0.05, 0.1) is 17.3 Å². The number of carbonyl (C=O) groups is 3. The standard InChI is InChI=1S/C24H30N4O5/c1-24(2,3)33-23(31)28-12-8-9-16(14-28)22(30)32-15-20(29)17(13-25)21-26(4)18-10-6-7-11-19(18)27(21)5/h6-7,10-11,16H,8-9,12,14-15H2,1-5H3. The first-order valence-electron chi connectivity index (χ1n) is 10.9. The number of piperidine rings is 1. The number of ether oxygens (including phenoxy) is 2. The third-order valence-corrected chi connectivity index (χ3v) is 5.61. The van der Waals surface area contributed by atoms with Crippen molar-refractivity contribution in [1.29, 1.82) is 5.26 Å².